The minimum absolute atomic E-state index is 0.0529. The van der Waals surface area contributed by atoms with Crippen LogP contribution in [-0.2, 0) is 11.2 Å². The largest absolute Gasteiger partial charge is 0.354 e. The first-order chi connectivity index (χ1) is 13.0. The summed E-state index contributed by atoms with van der Waals surface area (Å²) in [6, 6.07) is 15.5. The Kier molecular flexibility index (Phi) is 6.24. The Bertz CT molecular complexity index is 937. The lowest BCUT2D eigenvalue weighted by atomic mass is 10.1. The summed E-state index contributed by atoms with van der Waals surface area (Å²) >= 11 is 5.99. The van der Waals surface area contributed by atoms with Gasteiger partial charge in [-0.05, 0) is 43.5 Å². The smallest absolute Gasteiger partial charge is 0.247 e. The third-order valence-corrected chi connectivity index (χ3v) is 4.69. The summed E-state index contributed by atoms with van der Waals surface area (Å²) < 4.78 is 1.31. The molecular weight excluding hydrogens is 362 g/mol. The predicted octanol–water partition coefficient (Wildman–Crippen LogP) is 4.25. The molecule has 6 heteroatoms. The normalized spacial score (nSPS) is 12.1. The van der Waals surface area contributed by atoms with E-state index in [1.54, 1.807) is 18.3 Å². The van der Waals surface area contributed by atoms with Crippen LogP contribution in [0.3, 0.4) is 0 Å². The van der Waals surface area contributed by atoms with Crippen molar-refractivity contribution in [3.8, 4) is 0 Å². The average molecular weight is 384 g/mol. The molecule has 0 spiro atoms. The number of nitrogens with zero attached hydrogens (tertiary/aromatic N) is 2. The minimum atomic E-state index is -0.223. The van der Waals surface area contributed by atoms with Crippen LogP contribution in [0.4, 0.5) is 0 Å². The number of aromatic nitrogens is 2. The number of nitrogens with one attached hydrogen (secondary N) is 1. The van der Waals surface area contributed by atoms with Crippen LogP contribution in [0.1, 0.15) is 36.5 Å². The summed E-state index contributed by atoms with van der Waals surface area (Å²) in [6.45, 7) is 1.98. The van der Waals surface area contributed by atoms with Gasteiger partial charge in [0.25, 0.3) is 0 Å². The van der Waals surface area contributed by atoms with Crippen LogP contribution in [0.25, 0.3) is 10.9 Å². The maximum Gasteiger partial charge on any atom is 0.247 e. The van der Waals surface area contributed by atoms with Crippen LogP contribution in [0.5, 0.6) is 0 Å². The van der Waals surface area contributed by atoms with Gasteiger partial charge in [0.05, 0.1) is 11.7 Å². The van der Waals surface area contributed by atoms with E-state index in [2.05, 4.69) is 22.5 Å². The number of carbonyl (C=O) groups excluding carboxylic acids is 2. The van der Waals surface area contributed by atoms with Crippen molar-refractivity contribution in [2.45, 2.75) is 38.6 Å². The van der Waals surface area contributed by atoms with Crippen molar-refractivity contribution in [2.75, 3.05) is 0 Å². The van der Waals surface area contributed by atoms with Crippen LogP contribution >= 0.6 is 11.6 Å². The third kappa shape index (κ3) is 5.17. The van der Waals surface area contributed by atoms with E-state index in [4.69, 9.17) is 11.6 Å². The Balaban J connectivity index is 1.48. The first kappa shape index (κ1) is 19.1. The highest BCUT2D eigenvalue weighted by Crippen LogP contribution is 2.19. The number of hydrogen-bond donors (Lipinski definition) is 1. The van der Waals surface area contributed by atoms with Gasteiger partial charge >= 0.3 is 0 Å². The van der Waals surface area contributed by atoms with Crippen LogP contribution in [0, 0.1) is 0 Å². The number of halogens is 1. The topological polar surface area (TPSA) is 64.0 Å². The maximum absolute atomic E-state index is 12.4. The molecule has 0 saturated carbocycles. The number of amides is 1. The van der Waals surface area contributed by atoms with Gasteiger partial charge in [-0.3, -0.25) is 9.59 Å². The SMILES string of the molecule is C[C@@H](CCc1ccccc1)NC(=O)CCC(=O)n1ncc2ccc(Cl)cc21. The molecule has 1 heterocycles. The lowest BCUT2D eigenvalue weighted by Gasteiger charge is -2.13. The van der Waals surface area contributed by atoms with Crippen LogP contribution < -0.4 is 5.32 Å². The molecule has 0 saturated heterocycles. The number of aryl methyl sites for hydroxylation is 1. The lowest BCUT2D eigenvalue weighted by Crippen LogP contribution is -2.33. The van der Waals surface area contributed by atoms with E-state index >= 15 is 0 Å². The molecule has 5 nitrogen and oxygen atoms in total. The quantitative estimate of drug-likeness (QED) is 0.663. The molecule has 1 amide bonds. The standard InChI is InChI=1S/C21H22ClN3O2/c1-15(7-8-16-5-3-2-4-6-16)24-20(26)11-12-21(27)25-19-13-18(22)10-9-17(19)14-23-25/h2-6,9-10,13-15H,7-8,11-12H2,1H3,(H,24,26)/t15-/m0/s1. The molecule has 27 heavy (non-hydrogen) atoms. The highest BCUT2D eigenvalue weighted by molar-refractivity contribution is 6.31. The van der Waals surface area contributed by atoms with Crippen molar-refractivity contribution in [2.24, 2.45) is 0 Å². The van der Waals surface area contributed by atoms with Crippen molar-refractivity contribution in [3.05, 3.63) is 65.3 Å². The molecule has 1 aromatic heterocycles. The van der Waals surface area contributed by atoms with Gasteiger partial charge in [0.15, 0.2) is 0 Å². The summed E-state index contributed by atoms with van der Waals surface area (Å²) in [7, 11) is 0. The van der Waals surface area contributed by atoms with Crippen LogP contribution in [-0.4, -0.2) is 27.6 Å². The second-order valence-electron chi connectivity index (χ2n) is 6.65. The molecule has 0 bridgehead atoms. The molecule has 0 fully saturated rings. The summed E-state index contributed by atoms with van der Waals surface area (Å²) in [6.07, 6.45) is 3.61. The molecule has 140 valence electrons. The molecule has 3 rings (SSSR count). The van der Waals surface area contributed by atoms with Crippen molar-refractivity contribution in [1.29, 1.82) is 0 Å². The minimum Gasteiger partial charge on any atom is -0.354 e. The molecule has 1 N–H and O–H groups in total. The highest BCUT2D eigenvalue weighted by atomic mass is 35.5. The van der Waals surface area contributed by atoms with Gasteiger partial charge in [-0.1, -0.05) is 41.9 Å². The third-order valence-electron chi connectivity index (χ3n) is 4.45. The van der Waals surface area contributed by atoms with Crippen molar-refractivity contribution in [3.63, 3.8) is 0 Å². The van der Waals surface area contributed by atoms with Gasteiger partial charge in [0.2, 0.25) is 11.8 Å². The van der Waals surface area contributed by atoms with Crippen molar-refractivity contribution in [1.82, 2.24) is 15.1 Å². The van der Waals surface area contributed by atoms with Gasteiger partial charge in [-0.2, -0.15) is 5.10 Å². The molecule has 0 radical (unpaired) electrons. The van der Waals surface area contributed by atoms with E-state index < -0.39 is 0 Å². The number of rotatable bonds is 7. The predicted molar refractivity (Wildman–Crippen MR) is 107 cm³/mol. The van der Waals surface area contributed by atoms with E-state index in [-0.39, 0.29) is 30.7 Å². The van der Waals surface area contributed by atoms with E-state index in [0.717, 1.165) is 18.2 Å². The second-order valence-corrected chi connectivity index (χ2v) is 7.08. The molecule has 0 aliphatic heterocycles. The fourth-order valence-corrected chi connectivity index (χ4v) is 3.13. The molecule has 3 aromatic rings. The first-order valence-corrected chi connectivity index (χ1v) is 9.40. The summed E-state index contributed by atoms with van der Waals surface area (Å²) in [5.74, 6) is -0.349. The Hall–Kier alpha value is -2.66. The second kappa shape index (κ2) is 8.82. The van der Waals surface area contributed by atoms with E-state index in [1.165, 1.54) is 10.2 Å². The zero-order valence-electron chi connectivity index (χ0n) is 15.2. The number of hydrogen-bond acceptors (Lipinski definition) is 3. The fraction of sp³-hybridized carbons (Fsp3) is 0.286. The van der Waals surface area contributed by atoms with Gasteiger partial charge in [-0.15, -0.1) is 0 Å². The lowest BCUT2D eigenvalue weighted by molar-refractivity contribution is -0.121. The fourth-order valence-electron chi connectivity index (χ4n) is 2.96. The monoisotopic (exact) mass is 383 g/mol. The number of fused-ring (bicyclic) bond motifs is 1. The van der Waals surface area contributed by atoms with Gasteiger partial charge in [0.1, 0.15) is 0 Å². The van der Waals surface area contributed by atoms with Crippen molar-refractivity contribution < 1.29 is 9.59 Å². The Morgan fingerprint density at radius 2 is 1.93 bits per heavy atom. The number of benzene rings is 2. The van der Waals surface area contributed by atoms with Crippen molar-refractivity contribution >= 4 is 34.3 Å². The summed E-state index contributed by atoms with van der Waals surface area (Å²) in [4.78, 5) is 24.6. The average Bonchev–Trinajstić information content (AvgIpc) is 3.08. The highest BCUT2D eigenvalue weighted by Gasteiger charge is 2.14. The molecule has 0 unspecified atom stereocenters. The molecular formula is C21H22ClN3O2. The van der Waals surface area contributed by atoms with E-state index in [0.29, 0.717) is 10.5 Å². The Labute approximate surface area is 163 Å². The zero-order chi connectivity index (χ0) is 19.2. The molecule has 2 aromatic carbocycles. The van der Waals surface area contributed by atoms with Gasteiger partial charge < -0.3 is 5.32 Å². The Morgan fingerprint density at radius 3 is 2.70 bits per heavy atom. The molecule has 0 aliphatic carbocycles. The zero-order valence-corrected chi connectivity index (χ0v) is 15.9. The van der Waals surface area contributed by atoms with Crippen LogP contribution in [0.2, 0.25) is 5.02 Å². The number of carbonyl (C=O) groups is 2. The van der Waals surface area contributed by atoms with Gasteiger partial charge in [0, 0.05) is 29.3 Å². The molecule has 0 aliphatic rings. The van der Waals surface area contributed by atoms with Gasteiger partial charge in [-0.25, -0.2) is 4.68 Å². The van der Waals surface area contributed by atoms with E-state index in [1.807, 2.05) is 31.2 Å². The van der Waals surface area contributed by atoms with E-state index in [9.17, 15) is 9.59 Å². The maximum atomic E-state index is 12.4. The summed E-state index contributed by atoms with van der Waals surface area (Å²) in [5.41, 5.74) is 1.90. The Morgan fingerprint density at radius 1 is 1.15 bits per heavy atom. The molecule has 1 atom stereocenters. The van der Waals surface area contributed by atoms with Crippen LogP contribution in [0.15, 0.2) is 54.7 Å². The summed E-state index contributed by atoms with van der Waals surface area (Å²) in [5, 5.41) is 8.45. The first-order valence-electron chi connectivity index (χ1n) is 9.02.